The van der Waals surface area contributed by atoms with E-state index in [1.807, 2.05) is 30.3 Å². The number of furan rings is 1. The van der Waals surface area contributed by atoms with Gasteiger partial charge in [-0.15, -0.1) is 0 Å². The average molecular weight is 429 g/mol. The summed E-state index contributed by atoms with van der Waals surface area (Å²) in [5.41, 5.74) is 1.18. The van der Waals surface area contributed by atoms with Crippen molar-refractivity contribution in [1.29, 1.82) is 0 Å². The first-order chi connectivity index (χ1) is 14.4. The molecular formula is C21H23N3O5S. The Hall–Kier alpha value is -2.94. The lowest BCUT2D eigenvalue weighted by molar-refractivity contribution is -0.133. The van der Waals surface area contributed by atoms with E-state index in [0.29, 0.717) is 12.2 Å². The van der Waals surface area contributed by atoms with Gasteiger partial charge in [0, 0.05) is 18.9 Å². The van der Waals surface area contributed by atoms with Crippen LogP contribution < -0.4 is 0 Å². The van der Waals surface area contributed by atoms with Crippen LogP contribution in [-0.4, -0.2) is 53.4 Å². The van der Waals surface area contributed by atoms with Crippen LogP contribution in [0.25, 0.3) is 0 Å². The van der Waals surface area contributed by atoms with Crippen molar-refractivity contribution in [3.8, 4) is 0 Å². The molecule has 0 aliphatic carbocycles. The highest BCUT2D eigenvalue weighted by Crippen LogP contribution is 2.23. The summed E-state index contributed by atoms with van der Waals surface area (Å²) in [4.78, 5) is 27.2. The summed E-state index contributed by atoms with van der Waals surface area (Å²) >= 11 is 0. The molecule has 3 heterocycles. The summed E-state index contributed by atoms with van der Waals surface area (Å²) < 4.78 is 29.4. The maximum atomic E-state index is 13.3. The van der Waals surface area contributed by atoms with Gasteiger partial charge >= 0.3 is 0 Å². The minimum atomic E-state index is -3.17. The van der Waals surface area contributed by atoms with Gasteiger partial charge in [0.25, 0.3) is 5.91 Å². The first-order valence-electron chi connectivity index (χ1n) is 9.87. The van der Waals surface area contributed by atoms with Gasteiger partial charge in [-0.3, -0.25) is 9.59 Å². The average Bonchev–Trinajstić information content (AvgIpc) is 3.37. The van der Waals surface area contributed by atoms with Crippen LogP contribution >= 0.6 is 0 Å². The first-order valence-corrected chi connectivity index (χ1v) is 11.7. The quantitative estimate of drug-likeness (QED) is 0.699. The summed E-state index contributed by atoms with van der Waals surface area (Å²) in [6.07, 6.45) is 2.32. The molecule has 1 aromatic heterocycles. The fraction of sp³-hybridized carbons (Fsp3) is 0.381. The molecule has 8 nitrogen and oxygen atoms in total. The minimum absolute atomic E-state index is 0.0602. The van der Waals surface area contributed by atoms with Crippen LogP contribution in [0.15, 0.2) is 58.2 Å². The summed E-state index contributed by atoms with van der Waals surface area (Å²) in [5, 5.41) is 5.67. The highest BCUT2D eigenvalue weighted by atomic mass is 32.2. The van der Waals surface area contributed by atoms with Crippen LogP contribution in [0, 0.1) is 0 Å². The van der Waals surface area contributed by atoms with Crippen molar-refractivity contribution in [1.82, 2.24) is 9.91 Å². The van der Waals surface area contributed by atoms with Gasteiger partial charge in [-0.2, -0.15) is 5.10 Å². The van der Waals surface area contributed by atoms with E-state index in [0.717, 1.165) is 5.56 Å². The fourth-order valence-corrected chi connectivity index (χ4v) is 5.49. The lowest BCUT2D eigenvalue weighted by Gasteiger charge is -2.30. The lowest BCUT2D eigenvalue weighted by atomic mass is 10.1. The third-order valence-corrected chi connectivity index (χ3v) is 7.09. The normalized spacial score (nSPS) is 20.8. The molecule has 1 atom stereocenters. The monoisotopic (exact) mass is 429 g/mol. The SMILES string of the molecule is O=C1CCC(C(=O)N(Cc2ccco2)[C@@H]2CCS(=O)(=O)C2)=NN1Cc1ccccc1. The van der Waals surface area contributed by atoms with Gasteiger partial charge in [0.05, 0.1) is 30.9 Å². The van der Waals surface area contributed by atoms with Gasteiger partial charge < -0.3 is 9.32 Å². The van der Waals surface area contributed by atoms with E-state index in [2.05, 4.69) is 5.10 Å². The molecule has 0 bridgehead atoms. The van der Waals surface area contributed by atoms with Gasteiger partial charge in [-0.1, -0.05) is 30.3 Å². The lowest BCUT2D eigenvalue weighted by Crippen LogP contribution is -2.46. The highest BCUT2D eigenvalue weighted by Gasteiger charge is 2.37. The molecule has 158 valence electrons. The largest absolute Gasteiger partial charge is 0.467 e. The Kier molecular flexibility index (Phi) is 5.72. The molecule has 2 aromatic rings. The molecule has 2 aliphatic heterocycles. The molecule has 0 radical (unpaired) electrons. The number of amides is 2. The second-order valence-corrected chi connectivity index (χ2v) is 9.78. The van der Waals surface area contributed by atoms with Crippen molar-refractivity contribution in [3.05, 3.63) is 60.1 Å². The maximum absolute atomic E-state index is 13.3. The van der Waals surface area contributed by atoms with Crippen LogP contribution in [0.2, 0.25) is 0 Å². The fourth-order valence-electron chi connectivity index (χ4n) is 3.76. The number of carbonyl (C=O) groups excluding carboxylic acids is 2. The molecule has 0 N–H and O–H groups in total. The van der Waals surface area contributed by atoms with E-state index in [1.54, 1.807) is 12.1 Å². The Morgan fingerprint density at radius 1 is 1.17 bits per heavy atom. The van der Waals surface area contributed by atoms with E-state index in [-0.39, 0.29) is 55.0 Å². The van der Waals surface area contributed by atoms with E-state index >= 15 is 0 Å². The summed E-state index contributed by atoms with van der Waals surface area (Å²) in [5.74, 6) is 0.0705. The topological polar surface area (TPSA) is 100 Å². The molecule has 2 aliphatic rings. The Morgan fingerprint density at radius 2 is 1.97 bits per heavy atom. The van der Waals surface area contributed by atoms with Crippen LogP contribution in [0.5, 0.6) is 0 Å². The zero-order chi connectivity index (χ0) is 21.1. The Labute approximate surface area is 175 Å². The van der Waals surface area contributed by atoms with Crippen molar-refractivity contribution >= 4 is 27.4 Å². The molecule has 9 heteroatoms. The van der Waals surface area contributed by atoms with Crippen LogP contribution in [0.4, 0.5) is 0 Å². The number of rotatable bonds is 6. The van der Waals surface area contributed by atoms with Gasteiger partial charge in [-0.25, -0.2) is 13.4 Å². The van der Waals surface area contributed by atoms with E-state index in [9.17, 15) is 18.0 Å². The second kappa shape index (κ2) is 8.43. The van der Waals surface area contributed by atoms with E-state index in [1.165, 1.54) is 16.2 Å². The van der Waals surface area contributed by atoms with E-state index in [4.69, 9.17) is 4.42 Å². The number of nitrogens with zero attached hydrogens (tertiary/aromatic N) is 3. The Balaban J connectivity index is 1.57. The molecule has 2 amide bonds. The maximum Gasteiger partial charge on any atom is 0.270 e. The molecule has 1 saturated heterocycles. The van der Waals surface area contributed by atoms with E-state index < -0.39 is 15.9 Å². The number of hydrogen-bond acceptors (Lipinski definition) is 6. The number of hydrogen-bond donors (Lipinski definition) is 0. The highest BCUT2D eigenvalue weighted by molar-refractivity contribution is 7.91. The molecule has 0 saturated carbocycles. The molecule has 1 aromatic carbocycles. The van der Waals surface area contributed by atoms with Crippen molar-refractivity contribution in [3.63, 3.8) is 0 Å². The standard InChI is InChI=1S/C21H23N3O5S/c25-20-9-8-19(22-24(20)13-16-5-2-1-3-6-16)21(26)23(14-18-7-4-11-29-18)17-10-12-30(27,28)15-17/h1-7,11,17H,8-10,12-15H2/t17-/m1/s1. The third kappa shape index (κ3) is 4.62. The van der Waals surface area contributed by atoms with Crippen molar-refractivity contribution in [2.45, 2.75) is 38.4 Å². The van der Waals surface area contributed by atoms with Crippen LogP contribution in [0.1, 0.15) is 30.6 Å². The smallest absolute Gasteiger partial charge is 0.270 e. The van der Waals surface area contributed by atoms with Crippen molar-refractivity contribution in [2.75, 3.05) is 11.5 Å². The van der Waals surface area contributed by atoms with Gasteiger partial charge in [0.15, 0.2) is 9.84 Å². The Morgan fingerprint density at radius 3 is 2.63 bits per heavy atom. The second-order valence-electron chi connectivity index (χ2n) is 7.55. The van der Waals surface area contributed by atoms with Crippen molar-refractivity contribution < 1.29 is 22.4 Å². The molecule has 4 rings (SSSR count). The number of sulfone groups is 1. The molecule has 30 heavy (non-hydrogen) atoms. The van der Waals surface area contributed by atoms with Crippen LogP contribution in [-0.2, 0) is 32.5 Å². The Bertz CT molecular complexity index is 1050. The first kappa shape index (κ1) is 20.3. The molecular weight excluding hydrogens is 406 g/mol. The third-order valence-electron chi connectivity index (χ3n) is 5.34. The zero-order valence-corrected chi connectivity index (χ0v) is 17.3. The number of hydrazone groups is 1. The number of benzene rings is 1. The van der Waals surface area contributed by atoms with Gasteiger partial charge in [-0.05, 0) is 24.1 Å². The summed E-state index contributed by atoms with van der Waals surface area (Å²) in [6, 6.07) is 12.5. The predicted octanol–water partition coefficient (Wildman–Crippen LogP) is 1.97. The minimum Gasteiger partial charge on any atom is -0.467 e. The van der Waals surface area contributed by atoms with Crippen LogP contribution in [0.3, 0.4) is 0 Å². The summed E-state index contributed by atoms with van der Waals surface area (Å²) in [6.45, 7) is 0.449. The van der Waals surface area contributed by atoms with Crippen molar-refractivity contribution in [2.24, 2.45) is 5.10 Å². The molecule has 0 spiro atoms. The predicted molar refractivity (Wildman–Crippen MR) is 110 cm³/mol. The molecule has 1 fully saturated rings. The zero-order valence-electron chi connectivity index (χ0n) is 16.4. The van der Waals surface area contributed by atoms with Gasteiger partial charge in [0.1, 0.15) is 11.5 Å². The van der Waals surface area contributed by atoms with Gasteiger partial charge in [0.2, 0.25) is 5.91 Å². The number of carbonyl (C=O) groups is 2. The molecule has 0 unspecified atom stereocenters. The summed E-state index contributed by atoms with van der Waals surface area (Å²) in [7, 11) is -3.17.